The number of hydrogen-bond acceptors (Lipinski definition) is 5. The third-order valence-electron chi connectivity index (χ3n) is 5.29. The summed E-state index contributed by atoms with van der Waals surface area (Å²) in [6.07, 6.45) is 3.67. The molecule has 1 fully saturated rings. The van der Waals surface area contributed by atoms with Crippen molar-refractivity contribution >= 4 is 38.9 Å². The van der Waals surface area contributed by atoms with Gasteiger partial charge in [0.15, 0.2) is 0 Å². The van der Waals surface area contributed by atoms with E-state index >= 15 is 0 Å². The van der Waals surface area contributed by atoms with Gasteiger partial charge in [0.2, 0.25) is 10.0 Å². The fourth-order valence-corrected chi connectivity index (χ4v) is 5.75. The third kappa shape index (κ3) is 5.14. The molecular formula is C22H28ClN3O4S. The van der Waals surface area contributed by atoms with Gasteiger partial charge in [-0.2, -0.15) is 4.31 Å². The van der Waals surface area contributed by atoms with Crippen LogP contribution in [0.5, 0.6) is 5.75 Å². The fraction of sp³-hybridized carbons (Fsp3) is 0.409. The van der Waals surface area contributed by atoms with Crippen LogP contribution in [-0.4, -0.2) is 52.9 Å². The number of sulfonamides is 1. The summed E-state index contributed by atoms with van der Waals surface area (Å²) in [4.78, 5) is 14.8. The second kappa shape index (κ2) is 9.89. The van der Waals surface area contributed by atoms with Crippen LogP contribution in [0.15, 0.2) is 41.3 Å². The Hall–Kier alpha value is -2.29. The van der Waals surface area contributed by atoms with E-state index in [0.717, 1.165) is 25.7 Å². The first-order valence-corrected chi connectivity index (χ1v) is 12.0. The average Bonchev–Trinajstić information content (AvgIpc) is 3.03. The lowest BCUT2D eigenvalue weighted by atomic mass is 10.2. The first-order valence-electron chi connectivity index (χ1n) is 10.2. The Labute approximate surface area is 189 Å². The van der Waals surface area contributed by atoms with Gasteiger partial charge in [-0.25, -0.2) is 8.42 Å². The molecule has 0 aliphatic carbocycles. The van der Waals surface area contributed by atoms with Gasteiger partial charge in [0.05, 0.1) is 23.5 Å². The number of amides is 1. The van der Waals surface area contributed by atoms with Crippen molar-refractivity contribution in [3.8, 4) is 5.75 Å². The molecule has 168 valence electrons. The summed E-state index contributed by atoms with van der Waals surface area (Å²) in [6, 6.07) is 9.69. The van der Waals surface area contributed by atoms with Crippen LogP contribution in [0.2, 0.25) is 5.02 Å². The van der Waals surface area contributed by atoms with Crippen LogP contribution < -0.4 is 15.0 Å². The Kier molecular flexibility index (Phi) is 7.46. The summed E-state index contributed by atoms with van der Waals surface area (Å²) < 4.78 is 33.5. The number of carbonyl (C=O) groups is 1. The molecule has 1 N–H and O–H groups in total. The van der Waals surface area contributed by atoms with Crippen molar-refractivity contribution in [2.24, 2.45) is 0 Å². The molecule has 2 aromatic rings. The van der Waals surface area contributed by atoms with Gasteiger partial charge in [0.25, 0.3) is 5.91 Å². The number of anilines is 2. The van der Waals surface area contributed by atoms with Crippen LogP contribution in [0.3, 0.4) is 0 Å². The van der Waals surface area contributed by atoms with Gasteiger partial charge >= 0.3 is 0 Å². The van der Waals surface area contributed by atoms with E-state index in [1.807, 2.05) is 14.1 Å². The van der Waals surface area contributed by atoms with E-state index in [1.54, 1.807) is 29.2 Å². The van der Waals surface area contributed by atoms with E-state index < -0.39 is 15.9 Å². The van der Waals surface area contributed by atoms with E-state index in [4.69, 9.17) is 16.3 Å². The summed E-state index contributed by atoms with van der Waals surface area (Å²) >= 11 is 6.28. The summed E-state index contributed by atoms with van der Waals surface area (Å²) in [5.41, 5.74) is 1.43. The number of nitrogens with zero attached hydrogens (tertiary/aromatic N) is 2. The number of rotatable bonds is 6. The summed E-state index contributed by atoms with van der Waals surface area (Å²) in [7, 11) is 1.30. The van der Waals surface area contributed by atoms with E-state index in [-0.39, 0.29) is 16.2 Å². The molecule has 0 aromatic heterocycles. The number of nitrogens with one attached hydrogen (secondary N) is 1. The predicted octanol–water partition coefficient (Wildman–Crippen LogP) is 4.23. The topological polar surface area (TPSA) is 79.0 Å². The Balaban J connectivity index is 1.95. The number of carbonyl (C=O) groups excluding carboxylic acids is 1. The molecule has 3 rings (SSSR count). The van der Waals surface area contributed by atoms with Crippen molar-refractivity contribution in [2.75, 3.05) is 44.5 Å². The molecule has 0 radical (unpaired) electrons. The Morgan fingerprint density at radius 1 is 1.10 bits per heavy atom. The minimum Gasteiger partial charge on any atom is -0.495 e. The highest BCUT2D eigenvalue weighted by atomic mass is 35.5. The van der Waals surface area contributed by atoms with Gasteiger partial charge in [0.1, 0.15) is 10.6 Å². The van der Waals surface area contributed by atoms with Crippen molar-refractivity contribution in [3.05, 3.63) is 47.0 Å². The minimum atomic E-state index is -3.79. The smallest absolute Gasteiger partial charge is 0.255 e. The molecule has 2 aromatic carbocycles. The van der Waals surface area contributed by atoms with Crippen LogP contribution in [0.1, 0.15) is 36.0 Å². The number of hydrogen-bond donors (Lipinski definition) is 1. The highest BCUT2D eigenvalue weighted by Gasteiger charge is 2.29. The first kappa shape index (κ1) is 23.4. The molecule has 0 bridgehead atoms. The predicted molar refractivity (Wildman–Crippen MR) is 124 cm³/mol. The van der Waals surface area contributed by atoms with Gasteiger partial charge in [-0.1, -0.05) is 30.5 Å². The largest absolute Gasteiger partial charge is 0.495 e. The van der Waals surface area contributed by atoms with Gasteiger partial charge in [-0.05, 0) is 43.2 Å². The lowest BCUT2D eigenvalue weighted by Crippen LogP contribution is -2.32. The molecule has 9 heteroatoms. The first-order chi connectivity index (χ1) is 14.8. The normalized spacial score (nSPS) is 15.2. The highest BCUT2D eigenvalue weighted by Crippen LogP contribution is 2.34. The maximum Gasteiger partial charge on any atom is 0.255 e. The number of para-hydroxylation sites is 1. The number of benzene rings is 2. The second-order valence-corrected chi connectivity index (χ2v) is 9.98. The summed E-state index contributed by atoms with van der Waals surface area (Å²) in [5, 5.41) is 3.34. The molecule has 1 saturated heterocycles. The Bertz CT molecular complexity index is 1050. The average molecular weight is 466 g/mol. The van der Waals surface area contributed by atoms with Gasteiger partial charge < -0.3 is 15.0 Å². The highest BCUT2D eigenvalue weighted by molar-refractivity contribution is 7.89. The van der Waals surface area contributed by atoms with Gasteiger partial charge in [-0.3, -0.25) is 4.79 Å². The molecule has 0 atom stereocenters. The van der Waals surface area contributed by atoms with E-state index in [0.29, 0.717) is 29.5 Å². The van der Waals surface area contributed by atoms with Crippen LogP contribution >= 0.6 is 11.6 Å². The molecule has 1 aliphatic heterocycles. The molecule has 7 nitrogen and oxygen atoms in total. The molecule has 0 saturated carbocycles. The SMILES string of the molecule is COc1ccc(C(=O)Nc2cccc(Cl)c2N(C)C)cc1S(=O)(=O)N1CCCCCC1. The molecule has 0 unspecified atom stereocenters. The lowest BCUT2D eigenvalue weighted by Gasteiger charge is -2.22. The Morgan fingerprint density at radius 3 is 2.39 bits per heavy atom. The number of halogens is 1. The monoisotopic (exact) mass is 465 g/mol. The van der Waals surface area contributed by atoms with Crippen molar-refractivity contribution in [1.29, 1.82) is 0 Å². The zero-order valence-corrected chi connectivity index (χ0v) is 19.6. The standard InChI is InChI=1S/C22H28ClN3O4S/c1-25(2)21-17(23)9-8-10-18(21)24-22(27)16-11-12-19(30-3)20(15-16)31(28,29)26-13-6-4-5-7-14-26/h8-12,15H,4-7,13-14H2,1-3H3,(H,24,27). The molecule has 1 amide bonds. The minimum absolute atomic E-state index is 0.00322. The maximum atomic E-state index is 13.3. The number of methoxy groups -OCH3 is 1. The zero-order valence-electron chi connectivity index (χ0n) is 18.0. The van der Waals surface area contributed by atoms with E-state index in [2.05, 4.69) is 5.32 Å². The molecule has 31 heavy (non-hydrogen) atoms. The van der Waals surface area contributed by atoms with E-state index in [9.17, 15) is 13.2 Å². The van der Waals surface area contributed by atoms with Crippen LogP contribution in [0.4, 0.5) is 11.4 Å². The second-order valence-electron chi connectivity index (χ2n) is 7.67. The van der Waals surface area contributed by atoms with Crippen molar-refractivity contribution < 1.29 is 17.9 Å². The van der Waals surface area contributed by atoms with E-state index in [1.165, 1.54) is 23.5 Å². The van der Waals surface area contributed by atoms with Crippen molar-refractivity contribution in [1.82, 2.24) is 4.31 Å². The van der Waals surface area contributed by atoms with Crippen LogP contribution in [-0.2, 0) is 10.0 Å². The quantitative estimate of drug-likeness (QED) is 0.690. The summed E-state index contributed by atoms with van der Waals surface area (Å²) in [6.45, 7) is 0.938. The van der Waals surface area contributed by atoms with Gasteiger partial charge in [-0.15, -0.1) is 0 Å². The van der Waals surface area contributed by atoms with Gasteiger partial charge in [0, 0.05) is 32.7 Å². The van der Waals surface area contributed by atoms with Crippen LogP contribution in [0, 0.1) is 0 Å². The zero-order chi connectivity index (χ0) is 22.6. The number of ether oxygens (including phenoxy) is 1. The fourth-order valence-electron chi connectivity index (χ4n) is 3.71. The lowest BCUT2D eigenvalue weighted by molar-refractivity contribution is 0.102. The van der Waals surface area contributed by atoms with Crippen molar-refractivity contribution in [2.45, 2.75) is 30.6 Å². The molecule has 1 heterocycles. The molecule has 0 spiro atoms. The Morgan fingerprint density at radius 2 is 1.77 bits per heavy atom. The molecule has 1 aliphatic rings. The molecular weight excluding hydrogens is 438 g/mol. The summed E-state index contributed by atoms with van der Waals surface area (Å²) in [5.74, 6) is -0.210. The maximum absolute atomic E-state index is 13.3. The van der Waals surface area contributed by atoms with Crippen LogP contribution in [0.25, 0.3) is 0 Å². The third-order valence-corrected chi connectivity index (χ3v) is 7.52. The van der Waals surface area contributed by atoms with Crippen molar-refractivity contribution in [3.63, 3.8) is 0 Å².